The van der Waals surface area contributed by atoms with Crippen LogP contribution in [0.15, 0.2) is 4.99 Å². The maximum atomic E-state index is 4.23. The highest BCUT2D eigenvalue weighted by atomic mass is 127. The molecule has 0 aromatic heterocycles. The Bertz CT molecular complexity index is 231. The van der Waals surface area contributed by atoms with Crippen LogP contribution < -0.4 is 10.6 Å². The number of nitrogens with one attached hydrogen (secondary N) is 2. The second-order valence-corrected chi connectivity index (χ2v) is 6.05. The molecule has 0 radical (unpaired) electrons. The average Bonchev–Trinajstić information content (AvgIpc) is 2.43. The lowest BCUT2D eigenvalue weighted by molar-refractivity contribution is 0.332. The van der Waals surface area contributed by atoms with Gasteiger partial charge in [-0.25, -0.2) is 0 Å². The van der Waals surface area contributed by atoms with Gasteiger partial charge in [-0.2, -0.15) is 11.8 Å². The lowest BCUT2D eigenvalue weighted by atomic mass is 9.86. The van der Waals surface area contributed by atoms with Crippen LogP contribution in [0.4, 0.5) is 0 Å². The van der Waals surface area contributed by atoms with Gasteiger partial charge in [0.2, 0.25) is 0 Å². The molecule has 3 nitrogen and oxygen atoms in total. The van der Waals surface area contributed by atoms with Crippen molar-refractivity contribution >= 4 is 41.7 Å². The molecule has 0 aromatic rings. The molecule has 0 amide bonds. The van der Waals surface area contributed by atoms with Crippen LogP contribution in [0, 0.1) is 5.92 Å². The van der Waals surface area contributed by atoms with Gasteiger partial charge >= 0.3 is 0 Å². The van der Waals surface area contributed by atoms with Crippen molar-refractivity contribution in [2.45, 2.75) is 44.9 Å². The third kappa shape index (κ3) is 9.82. The van der Waals surface area contributed by atoms with E-state index in [4.69, 9.17) is 0 Å². The van der Waals surface area contributed by atoms with Crippen LogP contribution in [0.3, 0.4) is 0 Å². The van der Waals surface area contributed by atoms with E-state index < -0.39 is 0 Å². The predicted molar refractivity (Wildman–Crippen MR) is 99.0 cm³/mol. The van der Waals surface area contributed by atoms with Crippen molar-refractivity contribution in [3.05, 3.63) is 0 Å². The number of nitrogens with zero attached hydrogens (tertiary/aromatic N) is 1. The first-order chi connectivity index (χ1) is 8.86. The van der Waals surface area contributed by atoms with Crippen molar-refractivity contribution in [3.63, 3.8) is 0 Å². The molecule has 0 spiro atoms. The molecule has 0 heterocycles. The Morgan fingerprint density at radius 1 is 1.16 bits per heavy atom. The van der Waals surface area contributed by atoms with E-state index in [1.54, 1.807) is 0 Å². The summed E-state index contributed by atoms with van der Waals surface area (Å²) in [6.45, 7) is 2.04. The molecule has 1 fully saturated rings. The van der Waals surface area contributed by atoms with Crippen molar-refractivity contribution in [3.8, 4) is 0 Å². The molecule has 0 bridgehead atoms. The van der Waals surface area contributed by atoms with Crippen LogP contribution in [0.2, 0.25) is 0 Å². The standard InChI is InChI=1S/C14H29N3S.HI/c1-15-14(17-11-12-18-2)16-10-6-9-13-7-4-3-5-8-13;/h13H,3-12H2,1-2H3,(H2,15,16,17);1H. The number of guanidine groups is 1. The van der Waals surface area contributed by atoms with E-state index in [-0.39, 0.29) is 24.0 Å². The predicted octanol–water partition coefficient (Wildman–Crippen LogP) is 3.49. The normalized spacial score (nSPS) is 16.8. The summed E-state index contributed by atoms with van der Waals surface area (Å²) in [6, 6.07) is 0. The lowest BCUT2D eigenvalue weighted by Crippen LogP contribution is -2.38. The summed E-state index contributed by atoms with van der Waals surface area (Å²) >= 11 is 1.86. The molecular weight excluding hydrogens is 369 g/mol. The van der Waals surface area contributed by atoms with Crippen molar-refractivity contribution in [2.24, 2.45) is 10.9 Å². The van der Waals surface area contributed by atoms with Gasteiger partial charge in [-0.15, -0.1) is 24.0 Å². The maximum Gasteiger partial charge on any atom is 0.191 e. The second kappa shape index (κ2) is 13.3. The molecule has 0 aliphatic heterocycles. The third-order valence-electron chi connectivity index (χ3n) is 3.63. The fourth-order valence-corrected chi connectivity index (χ4v) is 2.87. The van der Waals surface area contributed by atoms with Crippen LogP contribution in [0.1, 0.15) is 44.9 Å². The van der Waals surface area contributed by atoms with E-state index in [9.17, 15) is 0 Å². The zero-order valence-electron chi connectivity index (χ0n) is 12.4. The first kappa shape index (κ1) is 19.4. The molecule has 0 unspecified atom stereocenters. The molecule has 0 aromatic carbocycles. The van der Waals surface area contributed by atoms with Gasteiger partial charge in [0.15, 0.2) is 5.96 Å². The Morgan fingerprint density at radius 3 is 2.47 bits per heavy atom. The number of rotatable bonds is 7. The van der Waals surface area contributed by atoms with Gasteiger partial charge in [-0.05, 0) is 25.0 Å². The summed E-state index contributed by atoms with van der Waals surface area (Å²) in [5, 5.41) is 6.72. The van der Waals surface area contributed by atoms with E-state index in [1.807, 2.05) is 18.8 Å². The second-order valence-electron chi connectivity index (χ2n) is 5.06. The van der Waals surface area contributed by atoms with E-state index in [0.717, 1.165) is 30.7 Å². The minimum atomic E-state index is 0. The topological polar surface area (TPSA) is 36.4 Å². The first-order valence-electron chi connectivity index (χ1n) is 7.30. The molecule has 0 atom stereocenters. The van der Waals surface area contributed by atoms with Gasteiger partial charge in [-0.3, -0.25) is 4.99 Å². The lowest BCUT2D eigenvalue weighted by Gasteiger charge is -2.21. The molecule has 114 valence electrons. The number of thioether (sulfide) groups is 1. The Kier molecular flexibility index (Phi) is 13.6. The molecule has 19 heavy (non-hydrogen) atoms. The van der Waals surface area contributed by atoms with Gasteiger partial charge < -0.3 is 10.6 Å². The molecule has 5 heteroatoms. The highest BCUT2D eigenvalue weighted by Gasteiger charge is 2.12. The number of hydrogen-bond donors (Lipinski definition) is 2. The van der Waals surface area contributed by atoms with Crippen LogP contribution >= 0.6 is 35.7 Å². The highest BCUT2D eigenvalue weighted by molar-refractivity contribution is 14.0. The zero-order valence-corrected chi connectivity index (χ0v) is 15.6. The van der Waals surface area contributed by atoms with Crippen molar-refractivity contribution in [2.75, 3.05) is 32.1 Å². The average molecular weight is 399 g/mol. The SMILES string of the molecule is CN=C(NCCCC1CCCCC1)NCCSC.I. The van der Waals surface area contributed by atoms with E-state index in [2.05, 4.69) is 21.9 Å². The number of hydrogen-bond acceptors (Lipinski definition) is 2. The summed E-state index contributed by atoms with van der Waals surface area (Å²) in [5.74, 6) is 3.07. The van der Waals surface area contributed by atoms with Crippen molar-refractivity contribution in [1.82, 2.24) is 10.6 Å². The quantitative estimate of drug-likeness (QED) is 0.298. The molecule has 1 rings (SSSR count). The molecule has 2 N–H and O–H groups in total. The summed E-state index contributed by atoms with van der Waals surface area (Å²) < 4.78 is 0. The minimum absolute atomic E-state index is 0. The van der Waals surface area contributed by atoms with Crippen LogP contribution in [-0.2, 0) is 0 Å². The molecule has 1 saturated carbocycles. The van der Waals surface area contributed by atoms with Gasteiger partial charge in [0.25, 0.3) is 0 Å². The van der Waals surface area contributed by atoms with E-state index in [1.165, 1.54) is 44.9 Å². The number of halogens is 1. The van der Waals surface area contributed by atoms with E-state index in [0.29, 0.717) is 0 Å². The summed E-state index contributed by atoms with van der Waals surface area (Å²) in [5.41, 5.74) is 0. The number of aliphatic imine (C=N–C) groups is 1. The highest BCUT2D eigenvalue weighted by Crippen LogP contribution is 2.26. The minimum Gasteiger partial charge on any atom is -0.356 e. The third-order valence-corrected chi connectivity index (χ3v) is 4.24. The Balaban J connectivity index is 0.00000324. The monoisotopic (exact) mass is 399 g/mol. The smallest absolute Gasteiger partial charge is 0.191 e. The summed E-state index contributed by atoms with van der Waals surface area (Å²) in [4.78, 5) is 4.23. The van der Waals surface area contributed by atoms with Crippen molar-refractivity contribution < 1.29 is 0 Å². The van der Waals surface area contributed by atoms with Crippen molar-refractivity contribution in [1.29, 1.82) is 0 Å². The van der Waals surface area contributed by atoms with Crippen LogP contribution in [0.5, 0.6) is 0 Å². The first-order valence-corrected chi connectivity index (χ1v) is 8.69. The van der Waals surface area contributed by atoms with Gasteiger partial charge in [-0.1, -0.05) is 32.1 Å². The fraction of sp³-hybridized carbons (Fsp3) is 0.929. The molecule has 0 saturated heterocycles. The van der Waals surface area contributed by atoms with Gasteiger partial charge in [0.05, 0.1) is 0 Å². The largest absolute Gasteiger partial charge is 0.356 e. The summed E-state index contributed by atoms with van der Waals surface area (Å²) in [6.07, 6.45) is 12.1. The Labute approximate surface area is 140 Å². The van der Waals surface area contributed by atoms with Gasteiger partial charge in [0.1, 0.15) is 0 Å². The Hall–Kier alpha value is 0.350. The maximum absolute atomic E-state index is 4.23. The van der Waals surface area contributed by atoms with Crippen LogP contribution in [0.25, 0.3) is 0 Å². The molecule has 1 aliphatic carbocycles. The van der Waals surface area contributed by atoms with Gasteiger partial charge in [0, 0.05) is 25.9 Å². The summed E-state index contributed by atoms with van der Waals surface area (Å²) in [7, 11) is 1.84. The zero-order chi connectivity index (χ0) is 13.1. The molecule has 1 aliphatic rings. The van der Waals surface area contributed by atoms with E-state index >= 15 is 0 Å². The fourth-order valence-electron chi connectivity index (χ4n) is 2.57. The van der Waals surface area contributed by atoms with Crippen LogP contribution in [-0.4, -0.2) is 38.1 Å². The Morgan fingerprint density at radius 2 is 1.84 bits per heavy atom. The molecular formula is C14H30IN3S.